The van der Waals surface area contributed by atoms with E-state index in [9.17, 15) is 8.42 Å². The maximum absolute atomic E-state index is 12.6. The number of sulfonamides is 1. The van der Waals surface area contributed by atoms with Gasteiger partial charge in [-0.15, -0.1) is 0 Å². The van der Waals surface area contributed by atoms with Gasteiger partial charge in [-0.25, -0.2) is 13.1 Å². The quantitative estimate of drug-likeness (QED) is 0.904. The van der Waals surface area contributed by atoms with Gasteiger partial charge in [-0.3, -0.25) is 0 Å². The van der Waals surface area contributed by atoms with Crippen LogP contribution < -0.4 is 4.72 Å². The number of nitrogens with one attached hydrogen (secondary N) is 1. The average molecular weight is 324 g/mol. The molecule has 0 radical (unpaired) electrons. The van der Waals surface area contributed by atoms with E-state index in [4.69, 9.17) is 5.26 Å². The van der Waals surface area contributed by atoms with Gasteiger partial charge in [0.25, 0.3) is 0 Å². The molecular weight excluding hydrogens is 304 g/mol. The van der Waals surface area contributed by atoms with E-state index in [-0.39, 0.29) is 10.9 Å². The van der Waals surface area contributed by atoms with Crippen LogP contribution in [0.2, 0.25) is 0 Å². The van der Waals surface area contributed by atoms with E-state index in [2.05, 4.69) is 11.6 Å². The summed E-state index contributed by atoms with van der Waals surface area (Å²) in [5, 5.41) is 9.23. The topological polar surface area (TPSA) is 70.0 Å². The zero-order chi connectivity index (χ0) is 15.5. The average Bonchev–Trinajstić information content (AvgIpc) is 2.85. The summed E-state index contributed by atoms with van der Waals surface area (Å²) in [5.74, 6) is 0.999. The molecule has 1 aliphatic carbocycles. The van der Waals surface area contributed by atoms with Gasteiger partial charge in [0.2, 0.25) is 10.0 Å². The summed E-state index contributed by atoms with van der Waals surface area (Å²) in [4.78, 5) is 0.272. The van der Waals surface area contributed by atoms with Crippen LogP contribution in [-0.2, 0) is 10.0 Å². The number of hydrogen-bond acceptors (Lipinski definition) is 4. The number of benzene rings is 1. The lowest BCUT2D eigenvalue weighted by Gasteiger charge is -2.20. The first-order valence-corrected chi connectivity index (χ1v) is 9.66. The van der Waals surface area contributed by atoms with Gasteiger partial charge in [-0.1, -0.05) is 13.3 Å². The van der Waals surface area contributed by atoms with Gasteiger partial charge in [0.05, 0.1) is 16.5 Å². The van der Waals surface area contributed by atoms with Crippen molar-refractivity contribution in [2.75, 3.05) is 5.75 Å². The fourth-order valence-electron chi connectivity index (χ4n) is 2.76. The highest BCUT2D eigenvalue weighted by Gasteiger charge is 2.31. The second kappa shape index (κ2) is 6.82. The summed E-state index contributed by atoms with van der Waals surface area (Å²) < 4.78 is 28.0. The summed E-state index contributed by atoms with van der Waals surface area (Å²) in [6, 6.07) is 6.72. The highest BCUT2D eigenvalue weighted by atomic mass is 32.2. The Kier molecular flexibility index (Phi) is 5.31. The predicted octanol–water partition coefficient (Wildman–Crippen LogP) is 2.82. The van der Waals surface area contributed by atoms with Crippen LogP contribution in [0.5, 0.6) is 0 Å². The summed E-state index contributed by atoms with van der Waals surface area (Å²) in [6.07, 6.45) is 3.03. The third-order valence-corrected chi connectivity index (χ3v) is 6.71. The van der Waals surface area contributed by atoms with Crippen LogP contribution in [0.4, 0.5) is 0 Å². The van der Waals surface area contributed by atoms with Crippen molar-refractivity contribution in [3.05, 3.63) is 29.3 Å². The summed E-state index contributed by atoms with van der Waals surface area (Å²) in [7, 11) is -3.52. The fraction of sp³-hybridized carbons (Fsp3) is 0.533. The van der Waals surface area contributed by atoms with Crippen molar-refractivity contribution in [1.82, 2.24) is 4.72 Å². The Morgan fingerprint density at radius 1 is 1.43 bits per heavy atom. The first-order chi connectivity index (χ1) is 9.97. The van der Waals surface area contributed by atoms with E-state index >= 15 is 0 Å². The van der Waals surface area contributed by atoms with Crippen molar-refractivity contribution < 1.29 is 8.42 Å². The van der Waals surface area contributed by atoms with Gasteiger partial charge in [0.1, 0.15) is 0 Å². The van der Waals surface area contributed by atoms with Crippen molar-refractivity contribution in [3.63, 3.8) is 0 Å². The van der Waals surface area contributed by atoms with Crippen LogP contribution in [-0.4, -0.2) is 25.5 Å². The Hall–Kier alpha value is -1.03. The van der Waals surface area contributed by atoms with Gasteiger partial charge in [0.15, 0.2) is 0 Å². The van der Waals surface area contributed by atoms with Crippen LogP contribution in [0.1, 0.15) is 37.3 Å². The Morgan fingerprint density at radius 2 is 2.19 bits per heavy atom. The molecule has 1 aromatic carbocycles. The van der Waals surface area contributed by atoms with Crippen molar-refractivity contribution in [2.24, 2.45) is 0 Å². The minimum atomic E-state index is -3.52. The van der Waals surface area contributed by atoms with E-state index < -0.39 is 10.0 Å². The molecule has 0 aromatic heterocycles. The zero-order valence-electron chi connectivity index (χ0n) is 12.3. The minimum absolute atomic E-state index is 0.00925. The van der Waals surface area contributed by atoms with Crippen LogP contribution in [0.3, 0.4) is 0 Å². The SMILES string of the molecule is CCSC1CCCC1NS(=O)(=O)c1ccc(C#N)cc1C. The third-order valence-electron chi connectivity index (χ3n) is 3.73. The smallest absolute Gasteiger partial charge is 0.207 e. The molecule has 1 saturated carbocycles. The van der Waals surface area contributed by atoms with Crippen LogP contribution >= 0.6 is 11.8 Å². The highest BCUT2D eigenvalue weighted by Crippen LogP contribution is 2.31. The molecular formula is C15H20N2O2S2. The summed E-state index contributed by atoms with van der Waals surface area (Å²) >= 11 is 1.82. The second-order valence-electron chi connectivity index (χ2n) is 5.24. The molecule has 21 heavy (non-hydrogen) atoms. The molecule has 0 heterocycles. The molecule has 1 aromatic rings. The molecule has 0 bridgehead atoms. The second-order valence-corrected chi connectivity index (χ2v) is 8.44. The monoisotopic (exact) mass is 324 g/mol. The lowest BCUT2D eigenvalue weighted by atomic mass is 10.2. The van der Waals surface area contributed by atoms with E-state index in [1.165, 1.54) is 6.07 Å². The molecule has 6 heteroatoms. The first kappa shape index (κ1) is 16.3. The molecule has 1 fully saturated rings. The molecule has 0 amide bonds. The highest BCUT2D eigenvalue weighted by molar-refractivity contribution is 8.00. The number of aryl methyl sites for hydroxylation is 1. The summed E-state index contributed by atoms with van der Waals surface area (Å²) in [6.45, 7) is 3.82. The van der Waals surface area contributed by atoms with Crippen LogP contribution in [0.25, 0.3) is 0 Å². The third kappa shape index (κ3) is 3.79. The van der Waals surface area contributed by atoms with Crippen LogP contribution in [0.15, 0.2) is 23.1 Å². The maximum atomic E-state index is 12.6. The molecule has 2 rings (SSSR count). The normalized spacial score (nSPS) is 22.1. The van der Waals surface area contributed by atoms with E-state index in [0.29, 0.717) is 16.4 Å². The van der Waals surface area contributed by atoms with Crippen molar-refractivity contribution in [2.45, 2.75) is 49.3 Å². The Morgan fingerprint density at radius 3 is 2.81 bits per heavy atom. The number of nitriles is 1. The molecule has 0 saturated heterocycles. The number of hydrogen-bond donors (Lipinski definition) is 1. The molecule has 2 atom stereocenters. The predicted molar refractivity (Wildman–Crippen MR) is 85.8 cm³/mol. The molecule has 0 spiro atoms. The molecule has 114 valence electrons. The Bertz CT molecular complexity index is 650. The van der Waals surface area contributed by atoms with Gasteiger partial charge >= 0.3 is 0 Å². The molecule has 0 aliphatic heterocycles. The van der Waals surface area contributed by atoms with E-state index in [1.54, 1.807) is 19.1 Å². The Labute approximate surface area is 131 Å². The Balaban J connectivity index is 2.21. The van der Waals surface area contributed by atoms with Crippen molar-refractivity contribution in [1.29, 1.82) is 5.26 Å². The van der Waals surface area contributed by atoms with Crippen molar-refractivity contribution in [3.8, 4) is 6.07 Å². The van der Waals surface area contributed by atoms with E-state index in [1.807, 2.05) is 17.8 Å². The van der Waals surface area contributed by atoms with Gasteiger partial charge < -0.3 is 0 Å². The lowest BCUT2D eigenvalue weighted by Crippen LogP contribution is -2.39. The number of rotatable bonds is 5. The van der Waals surface area contributed by atoms with Gasteiger partial charge in [0, 0.05) is 11.3 Å². The zero-order valence-corrected chi connectivity index (χ0v) is 13.9. The number of nitrogens with zero attached hydrogens (tertiary/aromatic N) is 1. The standard InChI is InChI=1S/C15H20N2O2S2/c1-3-20-14-6-4-5-13(14)17-21(18,19)15-8-7-12(10-16)9-11(15)2/h7-9,13-14,17H,3-6H2,1-2H3. The fourth-order valence-corrected chi connectivity index (χ4v) is 5.58. The van der Waals surface area contributed by atoms with Crippen molar-refractivity contribution >= 4 is 21.8 Å². The van der Waals surface area contributed by atoms with E-state index in [0.717, 1.165) is 25.0 Å². The summed E-state index contributed by atoms with van der Waals surface area (Å²) in [5.41, 5.74) is 1.09. The van der Waals surface area contributed by atoms with Gasteiger partial charge in [-0.05, 0) is 49.3 Å². The number of thioether (sulfide) groups is 1. The molecule has 1 N–H and O–H groups in total. The minimum Gasteiger partial charge on any atom is -0.207 e. The maximum Gasteiger partial charge on any atom is 0.241 e. The largest absolute Gasteiger partial charge is 0.241 e. The van der Waals surface area contributed by atoms with Gasteiger partial charge in [-0.2, -0.15) is 17.0 Å². The molecule has 1 aliphatic rings. The molecule has 2 unspecified atom stereocenters. The lowest BCUT2D eigenvalue weighted by molar-refractivity contribution is 0.554. The first-order valence-electron chi connectivity index (χ1n) is 7.12. The molecule has 4 nitrogen and oxygen atoms in total. The van der Waals surface area contributed by atoms with Crippen LogP contribution in [0, 0.1) is 18.3 Å².